The fourth-order valence-corrected chi connectivity index (χ4v) is 5.25. The molecule has 5 nitrogen and oxygen atoms in total. The molecule has 2 aromatic carbocycles. The number of anilines is 1. The highest BCUT2D eigenvalue weighted by Crippen LogP contribution is 2.37. The number of esters is 1. The van der Waals surface area contributed by atoms with E-state index < -0.39 is 6.04 Å². The van der Waals surface area contributed by atoms with Crippen LogP contribution in [0, 0.1) is 5.92 Å². The molecule has 5 heteroatoms. The number of hydrogen-bond acceptors (Lipinski definition) is 4. The maximum Gasteiger partial charge on any atom is 0.333 e. The van der Waals surface area contributed by atoms with Crippen LogP contribution in [0.25, 0.3) is 0 Å². The zero-order chi connectivity index (χ0) is 21.8. The Morgan fingerprint density at radius 1 is 0.969 bits per heavy atom. The lowest BCUT2D eigenvalue weighted by molar-refractivity contribution is -0.958. The third kappa shape index (κ3) is 4.53. The predicted molar refractivity (Wildman–Crippen MR) is 125 cm³/mol. The van der Waals surface area contributed by atoms with E-state index in [2.05, 4.69) is 22.4 Å². The number of aromatic nitrogens is 1. The maximum atomic E-state index is 13.5. The van der Waals surface area contributed by atoms with Gasteiger partial charge >= 0.3 is 5.97 Å². The van der Waals surface area contributed by atoms with Crippen LogP contribution in [0.15, 0.2) is 85.1 Å². The summed E-state index contributed by atoms with van der Waals surface area (Å²) in [5.41, 5.74) is 2.94. The highest BCUT2D eigenvalue weighted by molar-refractivity contribution is 5.81. The van der Waals surface area contributed by atoms with Crippen LogP contribution in [-0.2, 0) is 16.1 Å². The lowest BCUT2D eigenvalue weighted by atomic mass is 9.83. The highest BCUT2D eigenvalue weighted by atomic mass is 16.5. The fourth-order valence-electron chi connectivity index (χ4n) is 5.25. The average Bonchev–Trinajstić information content (AvgIpc) is 2.85. The molecule has 3 aliphatic heterocycles. The molecular weight excluding hydrogens is 398 g/mol. The van der Waals surface area contributed by atoms with Gasteiger partial charge in [-0.25, -0.2) is 4.79 Å². The minimum atomic E-state index is -0.529. The molecule has 2 bridgehead atoms. The van der Waals surface area contributed by atoms with Gasteiger partial charge in [0.05, 0.1) is 18.8 Å². The van der Waals surface area contributed by atoms with Gasteiger partial charge in [-0.2, -0.15) is 0 Å². The number of nitrogens with zero attached hydrogens (tertiary/aromatic N) is 2. The molecule has 0 radical (unpaired) electrons. The summed E-state index contributed by atoms with van der Waals surface area (Å²) < 4.78 is 7.21. The molecule has 3 fully saturated rings. The van der Waals surface area contributed by atoms with E-state index in [0.717, 1.165) is 60.4 Å². The Kier molecular flexibility index (Phi) is 5.91. The monoisotopic (exact) mass is 428 g/mol. The first kappa shape index (κ1) is 20.7. The normalized spacial score (nSPS) is 25.1. The van der Waals surface area contributed by atoms with Crippen molar-refractivity contribution >= 4 is 11.7 Å². The Morgan fingerprint density at radius 2 is 1.66 bits per heavy atom. The lowest BCUT2D eigenvalue weighted by Crippen LogP contribution is -2.64. The van der Waals surface area contributed by atoms with Crippen molar-refractivity contribution in [2.24, 2.45) is 5.92 Å². The third-order valence-corrected chi connectivity index (χ3v) is 6.99. The molecule has 2 atom stereocenters. The molecule has 1 N–H and O–H groups in total. The first-order chi connectivity index (χ1) is 15.7. The van der Waals surface area contributed by atoms with E-state index in [1.165, 1.54) is 0 Å². The van der Waals surface area contributed by atoms with Crippen LogP contribution < -0.4 is 5.32 Å². The standard InChI is InChI=1S/C27H30N3O2/c31-27(26(22-9-3-1-4-10-22)29-23-11-5-2-6-12-23)32-25-20-30(17-14-21(25)15-18-30)19-24-13-7-8-16-28-24/h1-13,16,21,25-26,29H,14-15,17-20H2/q+1/t21?,25-,26?,30?/m0/s1. The van der Waals surface area contributed by atoms with Crippen molar-refractivity contribution in [3.8, 4) is 0 Å². The third-order valence-electron chi connectivity index (χ3n) is 6.99. The van der Waals surface area contributed by atoms with Gasteiger partial charge in [0.1, 0.15) is 13.1 Å². The molecule has 1 unspecified atom stereocenters. The Balaban J connectivity index is 1.33. The van der Waals surface area contributed by atoms with Gasteiger partial charge in [0.15, 0.2) is 12.1 Å². The van der Waals surface area contributed by atoms with E-state index in [0.29, 0.717) is 5.92 Å². The smallest absolute Gasteiger partial charge is 0.333 e. The molecule has 1 aromatic heterocycles. The van der Waals surface area contributed by atoms with Gasteiger partial charge < -0.3 is 14.5 Å². The van der Waals surface area contributed by atoms with Crippen LogP contribution in [0.1, 0.15) is 30.1 Å². The van der Waals surface area contributed by atoms with Crippen molar-refractivity contribution in [2.45, 2.75) is 31.5 Å². The number of rotatable bonds is 7. The van der Waals surface area contributed by atoms with Crippen molar-refractivity contribution < 1.29 is 14.0 Å². The first-order valence-electron chi connectivity index (χ1n) is 11.5. The minimum absolute atomic E-state index is 0.0440. The van der Waals surface area contributed by atoms with E-state index in [-0.39, 0.29) is 12.1 Å². The van der Waals surface area contributed by atoms with Crippen molar-refractivity contribution in [3.63, 3.8) is 0 Å². The number of hydrogen-bond donors (Lipinski definition) is 1. The van der Waals surface area contributed by atoms with Crippen molar-refractivity contribution in [2.75, 3.05) is 25.0 Å². The Bertz CT molecular complexity index is 1020. The van der Waals surface area contributed by atoms with Gasteiger partial charge in [0.25, 0.3) is 0 Å². The summed E-state index contributed by atoms with van der Waals surface area (Å²) in [5.74, 6) is 0.255. The first-order valence-corrected chi connectivity index (χ1v) is 11.5. The summed E-state index contributed by atoms with van der Waals surface area (Å²) in [4.78, 5) is 18.0. The van der Waals surface area contributed by atoms with Gasteiger partial charge in [-0.1, -0.05) is 54.6 Å². The van der Waals surface area contributed by atoms with E-state index in [1.807, 2.05) is 72.9 Å². The number of pyridine rings is 1. The van der Waals surface area contributed by atoms with E-state index >= 15 is 0 Å². The number of carbonyl (C=O) groups excluding carboxylic acids is 1. The molecule has 3 aliphatic rings. The van der Waals surface area contributed by atoms with Crippen molar-refractivity contribution in [1.82, 2.24) is 4.98 Å². The molecular formula is C27H30N3O2+. The Labute approximate surface area is 189 Å². The summed E-state index contributed by atoms with van der Waals surface area (Å²) in [6, 6.07) is 25.3. The molecule has 0 saturated carbocycles. The second-order valence-electron chi connectivity index (χ2n) is 9.12. The van der Waals surface area contributed by atoms with Crippen molar-refractivity contribution in [3.05, 3.63) is 96.3 Å². The molecule has 4 heterocycles. The average molecular weight is 429 g/mol. The Hall–Kier alpha value is -3.18. The minimum Gasteiger partial charge on any atom is -0.454 e. The summed E-state index contributed by atoms with van der Waals surface area (Å²) in [6.45, 7) is 4.06. The zero-order valence-electron chi connectivity index (χ0n) is 18.3. The Morgan fingerprint density at radius 3 is 2.34 bits per heavy atom. The van der Waals surface area contributed by atoms with Crippen LogP contribution in [0.2, 0.25) is 0 Å². The molecule has 0 aliphatic carbocycles. The summed E-state index contributed by atoms with van der Waals surface area (Å²) >= 11 is 0. The molecule has 0 spiro atoms. The number of para-hydroxylation sites is 1. The molecule has 3 aromatic rings. The van der Waals surface area contributed by atoms with E-state index in [4.69, 9.17) is 4.74 Å². The van der Waals surface area contributed by atoms with Crippen LogP contribution in [0.3, 0.4) is 0 Å². The van der Waals surface area contributed by atoms with Crippen LogP contribution in [0.4, 0.5) is 5.69 Å². The molecule has 164 valence electrons. The number of ether oxygens (including phenoxy) is 1. The summed E-state index contributed by atoms with van der Waals surface area (Å²) in [7, 11) is 0. The van der Waals surface area contributed by atoms with Gasteiger partial charge in [0, 0.05) is 30.6 Å². The van der Waals surface area contributed by atoms with Crippen LogP contribution in [-0.4, -0.2) is 41.2 Å². The van der Waals surface area contributed by atoms with Gasteiger partial charge in [-0.05, 0) is 29.8 Å². The predicted octanol–water partition coefficient (Wildman–Crippen LogP) is 4.59. The molecule has 3 saturated heterocycles. The molecule has 6 rings (SSSR count). The number of piperidine rings is 3. The van der Waals surface area contributed by atoms with Crippen LogP contribution in [0.5, 0.6) is 0 Å². The lowest BCUT2D eigenvalue weighted by Gasteiger charge is -2.52. The second kappa shape index (κ2) is 9.13. The fraction of sp³-hybridized carbons (Fsp3) is 0.333. The van der Waals surface area contributed by atoms with Gasteiger partial charge in [-0.3, -0.25) is 4.98 Å². The summed E-state index contributed by atoms with van der Waals surface area (Å²) in [6.07, 6.45) is 4.03. The maximum absolute atomic E-state index is 13.5. The number of carbonyl (C=O) groups is 1. The number of quaternary nitrogens is 1. The quantitative estimate of drug-likeness (QED) is 0.442. The second-order valence-corrected chi connectivity index (χ2v) is 9.12. The van der Waals surface area contributed by atoms with Crippen LogP contribution >= 0.6 is 0 Å². The molecule has 32 heavy (non-hydrogen) atoms. The topological polar surface area (TPSA) is 51.2 Å². The van der Waals surface area contributed by atoms with Gasteiger partial charge in [0.2, 0.25) is 0 Å². The SMILES string of the molecule is O=C(O[C@H]1C[N+]2(Cc3ccccn3)CCC1CC2)C(Nc1ccccc1)c1ccccc1. The van der Waals surface area contributed by atoms with Crippen molar-refractivity contribution in [1.29, 1.82) is 0 Å². The van der Waals surface area contributed by atoms with Gasteiger partial charge in [-0.15, -0.1) is 0 Å². The van der Waals surface area contributed by atoms with E-state index in [1.54, 1.807) is 0 Å². The number of nitrogens with one attached hydrogen (secondary N) is 1. The van der Waals surface area contributed by atoms with E-state index in [9.17, 15) is 4.79 Å². The molecule has 0 amide bonds. The zero-order valence-corrected chi connectivity index (χ0v) is 18.3. The largest absolute Gasteiger partial charge is 0.454 e. The number of fused-ring (bicyclic) bond motifs is 3. The highest BCUT2D eigenvalue weighted by Gasteiger charge is 2.48. The number of benzene rings is 2. The summed E-state index contributed by atoms with van der Waals surface area (Å²) in [5, 5.41) is 3.39.